The van der Waals surface area contributed by atoms with Gasteiger partial charge in [0.2, 0.25) is 11.7 Å². The van der Waals surface area contributed by atoms with Crippen molar-refractivity contribution in [2.45, 2.75) is 32.6 Å². The van der Waals surface area contributed by atoms with Crippen LogP contribution in [0, 0.1) is 13.8 Å². The number of nitrogens with zero attached hydrogens (tertiary/aromatic N) is 3. The monoisotopic (exact) mass is 410 g/mol. The van der Waals surface area contributed by atoms with Crippen LogP contribution in [-0.2, 0) is 0 Å². The van der Waals surface area contributed by atoms with E-state index in [1.807, 2.05) is 49.1 Å². The first kappa shape index (κ1) is 19.5. The molecule has 2 heterocycles. The minimum atomic E-state index is -0.0734. The number of halogens is 1. The van der Waals surface area contributed by atoms with Crippen LogP contribution in [0.2, 0.25) is 5.02 Å². The molecule has 1 aromatic heterocycles. The Morgan fingerprint density at radius 3 is 2.52 bits per heavy atom. The summed E-state index contributed by atoms with van der Waals surface area (Å²) in [6.07, 6.45) is 1.56. The van der Waals surface area contributed by atoms with Crippen LogP contribution < -0.4 is 5.32 Å². The van der Waals surface area contributed by atoms with E-state index < -0.39 is 0 Å². The largest absolute Gasteiger partial charge is 0.339 e. The highest BCUT2D eigenvalue weighted by molar-refractivity contribution is 6.33. The molecule has 150 valence electrons. The Morgan fingerprint density at radius 1 is 1.14 bits per heavy atom. The Bertz CT molecular complexity index is 1000. The van der Waals surface area contributed by atoms with E-state index in [1.165, 1.54) is 0 Å². The van der Waals surface area contributed by atoms with Crippen LogP contribution in [0.1, 0.15) is 35.8 Å². The van der Waals surface area contributed by atoms with Gasteiger partial charge in [-0.15, -0.1) is 0 Å². The fourth-order valence-electron chi connectivity index (χ4n) is 3.73. The molecule has 7 heteroatoms. The molecule has 1 aliphatic rings. The number of aryl methyl sites for hydroxylation is 2. The number of hydrogen-bond donors (Lipinski definition) is 1. The molecule has 1 saturated heterocycles. The number of carbonyl (C=O) groups excluding carboxylic acids is 1. The topological polar surface area (TPSA) is 71.3 Å². The SMILES string of the molecule is Cc1cc(C)cc(NC(=O)N2CCC(c3nc(-c4ccccc4Cl)no3)CC2)c1. The first-order valence-corrected chi connectivity index (χ1v) is 10.1. The van der Waals surface area contributed by atoms with Crippen LogP contribution in [0.4, 0.5) is 10.5 Å². The van der Waals surface area contributed by atoms with Gasteiger partial charge in [-0.3, -0.25) is 0 Å². The lowest BCUT2D eigenvalue weighted by molar-refractivity contribution is 0.187. The predicted molar refractivity (Wildman–Crippen MR) is 113 cm³/mol. The Kier molecular flexibility index (Phi) is 5.53. The van der Waals surface area contributed by atoms with E-state index in [9.17, 15) is 4.79 Å². The van der Waals surface area contributed by atoms with Crippen molar-refractivity contribution in [1.82, 2.24) is 15.0 Å². The number of benzene rings is 2. The highest BCUT2D eigenvalue weighted by atomic mass is 35.5. The molecular weight excluding hydrogens is 388 g/mol. The van der Waals surface area contributed by atoms with Crippen molar-refractivity contribution in [1.29, 1.82) is 0 Å². The molecule has 0 unspecified atom stereocenters. The second kappa shape index (κ2) is 8.25. The zero-order valence-corrected chi connectivity index (χ0v) is 17.2. The zero-order valence-electron chi connectivity index (χ0n) is 16.5. The number of rotatable bonds is 3. The fourth-order valence-corrected chi connectivity index (χ4v) is 3.95. The lowest BCUT2D eigenvalue weighted by Crippen LogP contribution is -2.40. The standard InChI is InChI=1S/C22H23ClN4O2/c1-14-11-15(2)13-17(12-14)24-22(28)27-9-7-16(8-10-27)21-25-20(26-29-21)18-5-3-4-6-19(18)23/h3-6,11-13,16H,7-10H2,1-2H3,(H,24,28). The smallest absolute Gasteiger partial charge is 0.321 e. The maximum atomic E-state index is 12.6. The summed E-state index contributed by atoms with van der Waals surface area (Å²) in [5.41, 5.74) is 3.85. The van der Waals surface area contributed by atoms with Crippen molar-refractivity contribution in [3.63, 3.8) is 0 Å². The van der Waals surface area contributed by atoms with Crippen LogP contribution in [0.5, 0.6) is 0 Å². The molecule has 4 rings (SSSR count). The summed E-state index contributed by atoms with van der Waals surface area (Å²) in [7, 11) is 0. The van der Waals surface area contributed by atoms with Gasteiger partial charge in [-0.25, -0.2) is 4.79 Å². The van der Waals surface area contributed by atoms with Crippen molar-refractivity contribution < 1.29 is 9.32 Å². The average molecular weight is 411 g/mol. The molecule has 2 amide bonds. The Morgan fingerprint density at radius 2 is 1.83 bits per heavy atom. The maximum Gasteiger partial charge on any atom is 0.321 e. The lowest BCUT2D eigenvalue weighted by atomic mass is 9.97. The highest BCUT2D eigenvalue weighted by Gasteiger charge is 2.28. The number of urea groups is 1. The second-order valence-electron chi connectivity index (χ2n) is 7.50. The fraction of sp³-hybridized carbons (Fsp3) is 0.318. The first-order valence-electron chi connectivity index (χ1n) is 9.72. The maximum absolute atomic E-state index is 12.6. The molecule has 29 heavy (non-hydrogen) atoms. The van der Waals surface area contributed by atoms with Crippen LogP contribution >= 0.6 is 11.6 Å². The van der Waals surface area contributed by atoms with Crippen LogP contribution in [0.15, 0.2) is 47.0 Å². The van der Waals surface area contributed by atoms with E-state index in [2.05, 4.69) is 21.5 Å². The number of carbonyl (C=O) groups is 1. The molecule has 6 nitrogen and oxygen atoms in total. The van der Waals surface area contributed by atoms with Gasteiger partial charge in [0.25, 0.3) is 0 Å². The molecule has 0 saturated carbocycles. The minimum Gasteiger partial charge on any atom is -0.339 e. The molecule has 2 aromatic carbocycles. The van der Waals surface area contributed by atoms with Crippen LogP contribution in [0.25, 0.3) is 11.4 Å². The lowest BCUT2D eigenvalue weighted by Gasteiger charge is -2.30. The zero-order chi connectivity index (χ0) is 20.4. The molecule has 1 N–H and O–H groups in total. The summed E-state index contributed by atoms with van der Waals surface area (Å²) in [5, 5.41) is 7.68. The third kappa shape index (κ3) is 4.43. The van der Waals surface area contributed by atoms with Gasteiger partial charge in [0.05, 0.1) is 5.02 Å². The van der Waals surface area contributed by atoms with Gasteiger partial charge in [0, 0.05) is 30.3 Å². The molecule has 1 fully saturated rings. The van der Waals surface area contributed by atoms with Gasteiger partial charge in [-0.1, -0.05) is 35.0 Å². The molecular formula is C22H23ClN4O2. The Labute approximate surface area is 174 Å². The van der Waals surface area contributed by atoms with Crippen LogP contribution in [-0.4, -0.2) is 34.2 Å². The summed E-state index contributed by atoms with van der Waals surface area (Å²) in [4.78, 5) is 19.0. The van der Waals surface area contributed by atoms with E-state index in [1.54, 1.807) is 6.07 Å². The van der Waals surface area contributed by atoms with Gasteiger partial charge in [-0.05, 0) is 62.1 Å². The van der Waals surface area contributed by atoms with E-state index in [-0.39, 0.29) is 11.9 Å². The number of amides is 2. The summed E-state index contributed by atoms with van der Waals surface area (Å²) in [5.74, 6) is 1.25. The molecule has 1 aliphatic heterocycles. The van der Waals surface area contributed by atoms with Crippen LogP contribution in [0.3, 0.4) is 0 Å². The molecule has 0 bridgehead atoms. The van der Waals surface area contributed by atoms with Gasteiger partial charge in [0.15, 0.2) is 0 Å². The van der Waals surface area contributed by atoms with Gasteiger partial charge in [-0.2, -0.15) is 4.98 Å². The van der Waals surface area contributed by atoms with Crippen molar-refractivity contribution in [3.8, 4) is 11.4 Å². The number of aromatic nitrogens is 2. The minimum absolute atomic E-state index is 0.0734. The van der Waals surface area contributed by atoms with Gasteiger partial charge < -0.3 is 14.7 Å². The summed E-state index contributed by atoms with van der Waals surface area (Å²) in [6, 6.07) is 13.4. The summed E-state index contributed by atoms with van der Waals surface area (Å²) in [6.45, 7) is 5.33. The first-order chi connectivity index (χ1) is 14.0. The molecule has 3 aromatic rings. The number of piperidine rings is 1. The third-order valence-corrected chi connectivity index (χ3v) is 5.49. The molecule has 0 spiro atoms. The van der Waals surface area contributed by atoms with Crippen molar-refractivity contribution >= 4 is 23.3 Å². The third-order valence-electron chi connectivity index (χ3n) is 5.16. The number of hydrogen-bond acceptors (Lipinski definition) is 4. The van der Waals surface area contributed by atoms with E-state index >= 15 is 0 Å². The molecule has 0 atom stereocenters. The highest BCUT2D eigenvalue weighted by Crippen LogP contribution is 2.31. The quantitative estimate of drug-likeness (QED) is 0.625. The average Bonchev–Trinajstić information content (AvgIpc) is 3.17. The summed E-state index contributed by atoms with van der Waals surface area (Å²) < 4.78 is 5.49. The number of anilines is 1. The normalized spacial score (nSPS) is 14.8. The van der Waals surface area contributed by atoms with Crippen molar-refractivity contribution in [3.05, 3.63) is 64.5 Å². The summed E-state index contributed by atoms with van der Waals surface area (Å²) >= 11 is 6.22. The predicted octanol–water partition coefficient (Wildman–Crippen LogP) is 5.42. The van der Waals surface area contributed by atoms with Gasteiger partial charge >= 0.3 is 6.03 Å². The van der Waals surface area contributed by atoms with E-state index in [0.29, 0.717) is 29.8 Å². The number of likely N-dealkylation sites (tertiary alicyclic amines) is 1. The Balaban J connectivity index is 1.37. The molecule has 0 radical (unpaired) electrons. The van der Waals surface area contributed by atoms with Crippen molar-refractivity contribution in [2.24, 2.45) is 0 Å². The molecule has 0 aliphatic carbocycles. The van der Waals surface area contributed by atoms with E-state index in [4.69, 9.17) is 16.1 Å². The Hall–Kier alpha value is -2.86. The van der Waals surface area contributed by atoms with Gasteiger partial charge in [0.1, 0.15) is 0 Å². The van der Waals surface area contributed by atoms with Crippen molar-refractivity contribution in [2.75, 3.05) is 18.4 Å². The second-order valence-corrected chi connectivity index (χ2v) is 7.91. The van der Waals surface area contributed by atoms with E-state index in [0.717, 1.165) is 35.2 Å². The number of nitrogens with one attached hydrogen (secondary N) is 1.